The maximum atomic E-state index is 13.5. The van der Waals surface area contributed by atoms with Gasteiger partial charge in [0.1, 0.15) is 11.8 Å². The van der Waals surface area contributed by atoms with E-state index in [9.17, 15) is 13.2 Å². The average Bonchev–Trinajstić information content (AvgIpc) is 3.44. The van der Waals surface area contributed by atoms with Crippen LogP contribution in [0.2, 0.25) is 5.02 Å². The fourth-order valence-electron chi connectivity index (χ4n) is 3.71. The number of thiophene rings is 1. The molecule has 3 rings (SSSR count). The Morgan fingerprint density at radius 2 is 1.89 bits per heavy atom. The van der Waals surface area contributed by atoms with Crippen molar-refractivity contribution in [3.8, 4) is 5.75 Å². The van der Waals surface area contributed by atoms with Gasteiger partial charge in [0, 0.05) is 30.2 Å². The number of hydrogen-bond acceptors (Lipinski definition) is 6. The fraction of sp³-hybridized carbons (Fsp3) is 0.370. The number of nitrogens with one attached hydrogen (secondary N) is 1. The lowest BCUT2D eigenvalue weighted by molar-refractivity contribution is -0.133. The lowest BCUT2D eigenvalue weighted by Crippen LogP contribution is -2.39. The van der Waals surface area contributed by atoms with Crippen molar-refractivity contribution in [3.05, 3.63) is 81.0 Å². The number of ether oxygens (including phenoxy) is 1. The number of nitrogens with zero attached hydrogens (tertiary/aromatic N) is 1. The minimum Gasteiger partial charge on any atom is -0.493 e. The zero-order valence-electron chi connectivity index (χ0n) is 21.2. The Balaban J connectivity index is 1.81. The summed E-state index contributed by atoms with van der Waals surface area (Å²) in [5, 5.41) is 4.33. The molecule has 1 atom stereocenters. The average molecular weight is 564 g/mol. The third kappa shape index (κ3) is 8.28. The smallest absolute Gasteiger partial charge is 0.244 e. The number of halogens is 1. The summed E-state index contributed by atoms with van der Waals surface area (Å²) in [6.45, 7) is 5.55. The molecular weight excluding hydrogens is 530 g/mol. The van der Waals surface area contributed by atoms with Gasteiger partial charge in [-0.2, -0.15) is 11.3 Å². The highest BCUT2D eigenvalue weighted by Gasteiger charge is 2.24. The van der Waals surface area contributed by atoms with E-state index in [0.29, 0.717) is 43.3 Å². The summed E-state index contributed by atoms with van der Waals surface area (Å²) in [7, 11) is -3.53. The van der Waals surface area contributed by atoms with Crippen molar-refractivity contribution in [2.24, 2.45) is 5.73 Å². The molecule has 0 aliphatic heterocycles. The van der Waals surface area contributed by atoms with Crippen LogP contribution in [0.5, 0.6) is 5.75 Å². The largest absolute Gasteiger partial charge is 0.493 e. The van der Waals surface area contributed by atoms with Crippen molar-refractivity contribution in [3.63, 3.8) is 0 Å². The van der Waals surface area contributed by atoms with E-state index in [1.165, 1.54) is 11.3 Å². The minimum atomic E-state index is -3.53. The van der Waals surface area contributed by atoms with Gasteiger partial charge in [-0.05, 0) is 77.5 Å². The van der Waals surface area contributed by atoms with Gasteiger partial charge < -0.3 is 15.4 Å². The minimum absolute atomic E-state index is 0.206. The van der Waals surface area contributed by atoms with Crippen molar-refractivity contribution in [2.45, 2.75) is 50.6 Å². The summed E-state index contributed by atoms with van der Waals surface area (Å²) in [4.78, 5) is 15.4. The molecule has 1 heterocycles. The van der Waals surface area contributed by atoms with Crippen LogP contribution in [-0.2, 0) is 27.8 Å². The zero-order valence-corrected chi connectivity index (χ0v) is 23.5. The van der Waals surface area contributed by atoms with Crippen LogP contribution in [0, 0.1) is 0 Å². The molecule has 1 unspecified atom stereocenters. The maximum absolute atomic E-state index is 13.5. The second-order valence-electron chi connectivity index (χ2n) is 8.69. The Bertz CT molecular complexity index is 1250. The molecule has 37 heavy (non-hydrogen) atoms. The fourth-order valence-corrected chi connectivity index (χ4v) is 5.73. The topological polar surface area (TPSA) is 102 Å². The van der Waals surface area contributed by atoms with Crippen LogP contribution in [0.3, 0.4) is 0 Å². The molecule has 1 aromatic heterocycles. The molecule has 200 valence electrons. The van der Waals surface area contributed by atoms with E-state index >= 15 is 0 Å². The van der Waals surface area contributed by atoms with Crippen LogP contribution in [0.4, 0.5) is 0 Å². The number of sulfonamides is 1. The molecule has 0 saturated carbocycles. The summed E-state index contributed by atoms with van der Waals surface area (Å²) in [5.74, 6) is 0.477. The predicted molar refractivity (Wildman–Crippen MR) is 150 cm³/mol. The molecule has 1 amide bonds. The summed E-state index contributed by atoms with van der Waals surface area (Å²) in [6.07, 6.45) is 2.09. The number of rotatable bonds is 14. The van der Waals surface area contributed by atoms with Gasteiger partial charge in [0.2, 0.25) is 15.9 Å². The van der Waals surface area contributed by atoms with Crippen LogP contribution < -0.4 is 15.2 Å². The molecule has 0 radical (unpaired) electrons. The highest BCUT2D eigenvalue weighted by atomic mass is 35.5. The second-order valence-corrected chi connectivity index (χ2v) is 11.7. The molecule has 10 heteroatoms. The first-order valence-electron chi connectivity index (χ1n) is 12.3. The Morgan fingerprint density at radius 3 is 2.54 bits per heavy atom. The molecule has 0 aliphatic rings. The van der Waals surface area contributed by atoms with Crippen molar-refractivity contribution >= 4 is 38.9 Å². The van der Waals surface area contributed by atoms with Gasteiger partial charge in [0.15, 0.2) is 0 Å². The predicted octanol–water partition coefficient (Wildman–Crippen LogP) is 5.15. The first-order valence-corrected chi connectivity index (χ1v) is 15.1. The van der Waals surface area contributed by atoms with Crippen molar-refractivity contribution in [2.75, 3.05) is 19.7 Å². The van der Waals surface area contributed by atoms with E-state index in [0.717, 1.165) is 23.1 Å². The van der Waals surface area contributed by atoms with E-state index in [1.54, 1.807) is 35.2 Å². The van der Waals surface area contributed by atoms with Gasteiger partial charge >= 0.3 is 0 Å². The summed E-state index contributed by atoms with van der Waals surface area (Å²) in [6, 6.07) is 13.2. The monoisotopic (exact) mass is 563 g/mol. The summed E-state index contributed by atoms with van der Waals surface area (Å²) in [5.41, 5.74) is 8.82. The van der Waals surface area contributed by atoms with Gasteiger partial charge in [-0.15, -0.1) is 0 Å². The van der Waals surface area contributed by atoms with Crippen LogP contribution in [-0.4, -0.2) is 38.9 Å². The van der Waals surface area contributed by atoms with Gasteiger partial charge in [-0.1, -0.05) is 37.6 Å². The highest BCUT2D eigenvalue weighted by molar-refractivity contribution is 7.89. The highest BCUT2D eigenvalue weighted by Crippen LogP contribution is 2.26. The Morgan fingerprint density at radius 1 is 1.14 bits per heavy atom. The summed E-state index contributed by atoms with van der Waals surface area (Å²) < 4.78 is 33.2. The van der Waals surface area contributed by atoms with Crippen LogP contribution >= 0.6 is 22.9 Å². The molecule has 7 nitrogen and oxygen atoms in total. The first kappa shape index (κ1) is 29.1. The van der Waals surface area contributed by atoms with Crippen LogP contribution in [0.25, 0.3) is 0 Å². The summed E-state index contributed by atoms with van der Waals surface area (Å²) >= 11 is 7.77. The number of benzene rings is 2. The molecule has 0 aliphatic carbocycles. The lowest BCUT2D eigenvalue weighted by atomic mass is 10.1. The van der Waals surface area contributed by atoms with Crippen LogP contribution in [0.15, 0.2) is 64.2 Å². The molecule has 0 fully saturated rings. The first-order chi connectivity index (χ1) is 17.7. The van der Waals surface area contributed by atoms with E-state index in [-0.39, 0.29) is 17.3 Å². The number of carbonyl (C=O) groups is 1. The van der Waals surface area contributed by atoms with Gasteiger partial charge in [0.25, 0.3) is 0 Å². The molecular formula is C27H34ClN3O4S2. The molecule has 0 bridgehead atoms. The van der Waals surface area contributed by atoms with Crippen molar-refractivity contribution in [1.29, 1.82) is 0 Å². The van der Waals surface area contributed by atoms with E-state index < -0.39 is 16.1 Å². The van der Waals surface area contributed by atoms with Crippen molar-refractivity contribution in [1.82, 2.24) is 9.62 Å². The Labute approximate surface area is 228 Å². The zero-order chi connectivity index (χ0) is 26.8. The standard InChI is InChI=1S/C27H34ClN3O4S2/c1-3-13-30-37(33,34)24-8-5-20(6-9-24)11-14-31(27(32)26(29)21-12-16-36-19-21)18-22-17-23(28)7-10-25(22)35-15-4-2/h5-10,12,16-17,19,26,30H,3-4,11,13-15,18,29H2,1-2H3. The van der Waals surface area contributed by atoms with Crippen LogP contribution in [0.1, 0.15) is 49.4 Å². The quantitative estimate of drug-likeness (QED) is 0.282. The number of carbonyl (C=O) groups excluding carboxylic acids is 1. The third-order valence-electron chi connectivity index (χ3n) is 5.77. The van der Waals surface area contributed by atoms with Gasteiger partial charge in [-0.3, -0.25) is 4.79 Å². The normalized spacial score (nSPS) is 12.3. The van der Waals surface area contributed by atoms with Crippen molar-refractivity contribution < 1.29 is 17.9 Å². The maximum Gasteiger partial charge on any atom is 0.244 e. The Kier molecular flexibility index (Phi) is 11.0. The number of nitrogens with two attached hydrogens (primary N) is 1. The number of amides is 1. The second kappa shape index (κ2) is 13.9. The third-order valence-corrected chi connectivity index (χ3v) is 8.19. The van der Waals surface area contributed by atoms with Gasteiger partial charge in [0.05, 0.1) is 11.5 Å². The van der Waals surface area contributed by atoms with E-state index in [2.05, 4.69) is 4.72 Å². The molecule has 3 aromatic rings. The molecule has 3 N–H and O–H groups in total. The van der Waals surface area contributed by atoms with E-state index in [4.69, 9.17) is 22.1 Å². The molecule has 0 spiro atoms. The Hall–Kier alpha value is -2.43. The molecule has 2 aromatic carbocycles. The lowest BCUT2D eigenvalue weighted by Gasteiger charge is -2.27. The SMILES string of the molecule is CCCNS(=O)(=O)c1ccc(CCN(Cc2cc(Cl)ccc2OCCC)C(=O)C(N)c2ccsc2)cc1. The van der Waals surface area contributed by atoms with Gasteiger partial charge in [-0.25, -0.2) is 13.1 Å². The number of hydrogen-bond donors (Lipinski definition) is 2. The molecule has 0 saturated heterocycles. The van der Waals surface area contributed by atoms with E-state index in [1.807, 2.05) is 42.8 Å².